The number of anilines is 1. The van der Waals surface area contributed by atoms with E-state index >= 15 is 0 Å². The van der Waals surface area contributed by atoms with Gasteiger partial charge in [0, 0.05) is 23.4 Å². The van der Waals surface area contributed by atoms with E-state index in [4.69, 9.17) is 5.11 Å². The molecular weight excluding hydrogens is 344 g/mol. The van der Waals surface area contributed by atoms with Crippen molar-refractivity contribution in [3.05, 3.63) is 41.6 Å². The zero-order chi connectivity index (χ0) is 18.5. The molecule has 1 saturated heterocycles. The van der Waals surface area contributed by atoms with E-state index in [0.29, 0.717) is 0 Å². The van der Waals surface area contributed by atoms with Crippen molar-refractivity contribution in [1.82, 2.24) is 4.90 Å². The monoisotopic (exact) mass is 358 g/mol. The van der Waals surface area contributed by atoms with Crippen LogP contribution in [0.15, 0.2) is 30.0 Å². The maximum absolute atomic E-state index is 14.0. The van der Waals surface area contributed by atoms with Crippen molar-refractivity contribution >= 4 is 17.6 Å². The molecule has 0 bridgehead atoms. The Kier molecular flexibility index (Phi) is 3.97. The molecule has 1 fully saturated rings. The molecule has 5 nitrogen and oxygen atoms in total. The highest BCUT2D eigenvalue weighted by molar-refractivity contribution is 5.96. The summed E-state index contributed by atoms with van der Waals surface area (Å²) in [5.41, 5.74) is 0.0396. The number of nitrogens with one attached hydrogen (secondary N) is 1. The summed E-state index contributed by atoms with van der Waals surface area (Å²) in [5.74, 6) is -8.79. The predicted molar refractivity (Wildman–Crippen MR) is 78.8 cm³/mol. The van der Waals surface area contributed by atoms with Gasteiger partial charge in [-0.3, -0.25) is 4.79 Å². The molecule has 0 saturated carbocycles. The highest BCUT2D eigenvalue weighted by Crippen LogP contribution is 2.47. The van der Waals surface area contributed by atoms with Crippen LogP contribution in [0.25, 0.3) is 0 Å². The minimum absolute atomic E-state index is 0.0533. The maximum Gasteiger partial charge on any atom is 0.332 e. The number of allylic oxidation sites excluding steroid dienone is 1. The molecule has 1 amide bonds. The average molecular weight is 358 g/mol. The van der Waals surface area contributed by atoms with E-state index in [1.807, 2.05) is 0 Å². The molecule has 3 rings (SSSR count). The topological polar surface area (TPSA) is 69.6 Å². The molecule has 0 aliphatic carbocycles. The van der Waals surface area contributed by atoms with Crippen LogP contribution in [0.5, 0.6) is 0 Å². The standard InChI is InChI=1S/C16H14F4N2O3/c1-7-4-9-6-16(19,20)13(15(24)25)22(9)12(7)14(23)21-8-2-3-10(17)11(18)5-8/h2-5,7,12-13H,6H2,1H3,(H,21,23)(H,24,25). The Hall–Kier alpha value is -2.58. The molecule has 0 aromatic heterocycles. The lowest BCUT2D eigenvalue weighted by Crippen LogP contribution is -2.53. The summed E-state index contributed by atoms with van der Waals surface area (Å²) in [5, 5.41) is 11.5. The van der Waals surface area contributed by atoms with Gasteiger partial charge in [0.15, 0.2) is 17.7 Å². The van der Waals surface area contributed by atoms with Crippen LogP contribution in [0.3, 0.4) is 0 Å². The molecule has 134 valence electrons. The molecule has 2 heterocycles. The highest BCUT2D eigenvalue weighted by Gasteiger charge is 2.60. The first-order chi connectivity index (χ1) is 11.6. The Bertz CT molecular complexity index is 781. The fraction of sp³-hybridized carbons (Fsp3) is 0.375. The summed E-state index contributed by atoms with van der Waals surface area (Å²) in [7, 11) is 0. The third kappa shape index (κ3) is 2.83. The summed E-state index contributed by atoms with van der Waals surface area (Å²) in [6, 6.07) is -0.634. The fourth-order valence-electron chi connectivity index (χ4n) is 3.39. The molecule has 2 aliphatic heterocycles. The number of nitrogens with zero attached hydrogens (tertiary/aromatic N) is 1. The van der Waals surface area contributed by atoms with E-state index < -0.39 is 53.9 Å². The van der Waals surface area contributed by atoms with Crippen LogP contribution in [-0.4, -0.2) is 39.9 Å². The molecule has 1 aromatic carbocycles. The lowest BCUT2D eigenvalue weighted by molar-refractivity contribution is -0.154. The largest absolute Gasteiger partial charge is 0.480 e. The number of amides is 1. The van der Waals surface area contributed by atoms with E-state index in [1.54, 1.807) is 6.92 Å². The zero-order valence-corrected chi connectivity index (χ0v) is 13.0. The number of alkyl halides is 2. The van der Waals surface area contributed by atoms with Crippen LogP contribution in [0.2, 0.25) is 0 Å². The second-order valence-corrected chi connectivity index (χ2v) is 6.17. The fourth-order valence-corrected chi connectivity index (χ4v) is 3.39. The molecule has 0 radical (unpaired) electrons. The van der Waals surface area contributed by atoms with Gasteiger partial charge >= 0.3 is 5.97 Å². The van der Waals surface area contributed by atoms with Crippen molar-refractivity contribution in [3.8, 4) is 0 Å². The second-order valence-electron chi connectivity index (χ2n) is 6.17. The third-order valence-electron chi connectivity index (χ3n) is 4.37. The van der Waals surface area contributed by atoms with E-state index in [9.17, 15) is 27.2 Å². The number of aliphatic carboxylic acids is 1. The molecule has 0 spiro atoms. The number of carbonyl (C=O) groups excluding carboxylic acids is 1. The summed E-state index contributed by atoms with van der Waals surface area (Å²) >= 11 is 0. The van der Waals surface area contributed by atoms with Gasteiger partial charge in [-0.1, -0.05) is 13.0 Å². The number of carboxylic acids is 1. The molecule has 9 heteroatoms. The Morgan fingerprint density at radius 1 is 1.28 bits per heavy atom. The summed E-state index contributed by atoms with van der Waals surface area (Å²) in [6.45, 7) is 1.60. The molecule has 1 aromatic rings. The number of hydrogen-bond acceptors (Lipinski definition) is 3. The van der Waals surface area contributed by atoms with Crippen LogP contribution < -0.4 is 5.32 Å². The van der Waals surface area contributed by atoms with Gasteiger partial charge in [-0.05, 0) is 12.1 Å². The first-order valence-electron chi connectivity index (χ1n) is 7.47. The van der Waals surface area contributed by atoms with Crippen molar-refractivity contribution in [3.63, 3.8) is 0 Å². The van der Waals surface area contributed by atoms with Gasteiger partial charge in [0.2, 0.25) is 5.91 Å². The van der Waals surface area contributed by atoms with Crippen molar-refractivity contribution in [2.45, 2.75) is 31.4 Å². The second kappa shape index (κ2) is 5.75. The molecule has 3 atom stereocenters. The highest BCUT2D eigenvalue weighted by atomic mass is 19.3. The van der Waals surface area contributed by atoms with E-state index in [1.165, 1.54) is 6.08 Å². The molecule has 2 aliphatic rings. The first kappa shape index (κ1) is 17.2. The number of rotatable bonds is 3. The number of halogens is 4. The van der Waals surface area contributed by atoms with Gasteiger partial charge in [-0.25, -0.2) is 22.4 Å². The van der Waals surface area contributed by atoms with Gasteiger partial charge in [-0.2, -0.15) is 0 Å². The summed E-state index contributed by atoms with van der Waals surface area (Å²) in [4.78, 5) is 24.7. The molecular formula is C16H14F4N2O3. The quantitative estimate of drug-likeness (QED) is 0.815. The normalized spacial score (nSPS) is 27.0. The Morgan fingerprint density at radius 2 is 1.96 bits per heavy atom. The maximum atomic E-state index is 14.0. The molecule has 25 heavy (non-hydrogen) atoms. The van der Waals surface area contributed by atoms with Gasteiger partial charge in [0.25, 0.3) is 5.92 Å². The zero-order valence-electron chi connectivity index (χ0n) is 13.0. The van der Waals surface area contributed by atoms with E-state index in [-0.39, 0.29) is 11.4 Å². The minimum Gasteiger partial charge on any atom is -0.480 e. The number of benzene rings is 1. The van der Waals surface area contributed by atoms with Gasteiger partial charge in [0.05, 0.1) is 6.42 Å². The lowest BCUT2D eigenvalue weighted by Gasteiger charge is -2.31. The van der Waals surface area contributed by atoms with Crippen molar-refractivity contribution in [2.24, 2.45) is 5.92 Å². The van der Waals surface area contributed by atoms with Crippen LogP contribution in [0.1, 0.15) is 13.3 Å². The number of hydrogen-bond donors (Lipinski definition) is 2. The lowest BCUT2D eigenvalue weighted by atomic mass is 9.99. The van der Waals surface area contributed by atoms with Crippen LogP contribution in [-0.2, 0) is 9.59 Å². The van der Waals surface area contributed by atoms with E-state index in [2.05, 4.69) is 5.32 Å². The smallest absolute Gasteiger partial charge is 0.332 e. The Balaban J connectivity index is 1.87. The number of carboxylic acid groups (broad SMARTS) is 1. The van der Waals surface area contributed by atoms with Gasteiger partial charge < -0.3 is 15.3 Å². The average Bonchev–Trinajstić information content (AvgIpc) is 2.90. The minimum atomic E-state index is -3.50. The Labute approximate surface area is 139 Å². The van der Waals surface area contributed by atoms with Crippen molar-refractivity contribution in [2.75, 3.05) is 5.32 Å². The first-order valence-corrected chi connectivity index (χ1v) is 7.47. The van der Waals surface area contributed by atoms with Crippen LogP contribution in [0.4, 0.5) is 23.2 Å². The van der Waals surface area contributed by atoms with E-state index in [0.717, 1.165) is 23.1 Å². The van der Waals surface area contributed by atoms with Gasteiger partial charge in [0.1, 0.15) is 6.04 Å². The van der Waals surface area contributed by atoms with Gasteiger partial charge in [-0.15, -0.1) is 0 Å². The third-order valence-corrected chi connectivity index (χ3v) is 4.37. The van der Waals surface area contributed by atoms with Crippen molar-refractivity contribution in [1.29, 1.82) is 0 Å². The van der Waals surface area contributed by atoms with Crippen LogP contribution in [0, 0.1) is 17.6 Å². The molecule has 2 N–H and O–H groups in total. The summed E-state index contributed by atoms with van der Waals surface area (Å²) in [6.07, 6.45) is 0.676. The summed E-state index contributed by atoms with van der Waals surface area (Å²) < 4.78 is 54.2. The number of carbonyl (C=O) groups is 2. The number of fused-ring (bicyclic) bond motifs is 1. The predicted octanol–water partition coefficient (Wildman–Crippen LogP) is 2.60. The van der Waals surface area contributed by atoms with Crippen LogP contribution >= 0.6 is 0 Å². The SMILES string of the molecule is CC1C=C2CC(F)(F)C(C(=O)O)N2C1C(=O)Nc1ccc(F)c(F)c1. The Morgan fingerprint density at radius 3 is 2.56 bits per heavy atom. The molecule has 3 unspecified atom stereocenters. The van der Waals surface area contributed by atoms with Crippen molar-refractivity contribution < 1.29 is 32.3 Å².